The molecule has 0 unspecified atom stereocenters. The van der Waals surface area contributed by atoms with E-state index in [9.17, 15) is 9.59 Å². The third-order valence-electron chi connectivity index (χ3n) is 10.3. The highest BCUT2D eigenvalue weighted by molar-refractivity contribution is 6.35. The smallest absolute Gasteiger partial charge is 0.414 e. The van der Waals surface area contributed by atoms with Gasteiger partial charge in [0.05, 0.1) is 37.2 Å². The second kappa shape index (κ2) is 16.5. The van der Waals surface area contributed by atoms with Crippen LogP contribution in [0, 0.1) is 5.92 Å². The zero-order valence-corrected chi connectivity index (χ0v) is 30.7. The van der Waals surface area contributed by atoms with Crippen LogP contribution in [0.1, 0.15) is 71.7 Å². The molecule has 1 aliphatic carbocycles. The Morgan fingerprint density at radius 1 is 0.981 bits per heavy atom. The van der Waals surface area contributed by atoms with Gasteiger partial charge in [0.25, 0.3) is 0 Å². The molecular formula is C40H43Cl2N4O6+. The molecule has 2 bridgehead atoms. The Bertz CT molecular complexity index is 1830. The minimum absolute atomic E-state index is 0.105. The van der Waals surface area contributed by atoms with E-state index in [4.69, 9.17) is 42.1 Å². The third-order valence-corrected chi connectivity index (χ3v) is 11.0. The summed E-state index contributed by atoms with van der Waals surface area (Å²) < 4.78 is 24.3. The number of anilines is 1. The number of H-pyrrole nitrogens is 1. The molecule has 1 amide bonds. The van der Waals surface area contributed by atoms with Gasteiger partial charge in [0.2, 0.25) is 0 Å². The lowest BCUT2D eigenvalue weighted by Gasteiger charge is -2.44. The summed E-state index contributed by atoms with van der Waals surface area (Å²) in [5, 5.41) is 0.859. The van der Waals surface area contributed by atoms with Gasteiger partial charge in [0.1, 0.15) is 22.3 Å². The van der Waals surface area contributed by atoms with Gasteiger partial charge in [0, 0.05) is 24.7 Å². The zero-order valence-electron chi connectivity index (χ0n) is 29.1. The van der Waals surface area contributed by atoms with Gasteiger partial charge in [-0.25, -0.2) is 14.6 Å². The molecule has 272 valence electrons. The molecule has 4 aliphatic rings. The van der Waals surface area contributed by atoms with E-state index in [2.05, 4.69) is 14.9 Å². The number of nitrogens with one attached hydrogen (secondary N) is 1. The van der Waals surface area contributed by atoms with Crippen molar-refractivity contribution in [2.24, 2.45) is 5.92 Å². The number of benzene rings is 2. The van der Waals surface area contributed by atoms with Crippen molar-refractivity contribution in [3.05, 3.63) is 112 Å². The summed E-state index contributed by atoms with van der Waals surface area (Å²) in [4.78, 5) is 38.5. The first-order valence-corrected chi connectivity index (χ1v) is 18.7. The number of esters is 1. The van der Waals surface area contributed by atoms with Crippen molar-refractivity contribution in [3.8, 4) is 11.5 Å². The van der Waals surface area contributed by atoms with E-state index in [-0.39, 0.29) is 25.2 Å². The minimum Gasteiger partial charge on any atom is -0.493 e. The summed E-state index contributed by atoms with van der Waals surface area (Å²) in [6.45, 7) is 3.12. The van der Waals surface area contributed by atoms with Crippen LogP contribution >= 0.6 is 23.2 Å². The fraction of sp³-hybridized carbons (Fsp3) is 0.400. The van der Waals surface area contributed by atoms with Gasteiger partial charge < -0.3 is 18.9 Å². The van der Waals surface area contributed by atoms with E-state index in [1.54, 1.807) is 55.0 Å². The maximum absolute atomic E-state index is 13.8. The molecule has 2 aromatic heterocycles. The third kappa shape index (κ3) is 8.46. The van der Waals surface area contributed by atoms with Crippen LogP contribution in [0.2, 0.25) is 10.0 Å². The van der Waals surface area contributed by atoms with Crippen LogP contribution in [-0.2, 0) is 22.4 Å². The summed E-state index contributed by atoms with van der Waals surface area (Å²) in [5.41, 5.74) is 3.15. The summed E-state index contributed by atoms with van der Waals surface area (Å²) >= 11 is 13.1. The van der Waals surface area contributed by atoms with Gasteiger partial charge in [-0.3, -0.25) is 14.8 Å². The van der Waals surface area contributed by atoms with Crippen molar-refractivity contribution in [2.75, 3.05) is 31.6 Å². The van der Waals surface area contributed by atoms with E-state index in [1.165, 1.54) is 0 Å². The number of hydrogen-bond acceptors (Lipinski definition) is 8. The fourth-order valence-electron chi connectivity index (χ4n) is 7.39. The molecule has 0 spiro atoms. The number of aromatic amines is 1. The molecule has 3 aliphatic heterocycles. The normalized spacial score (nSPS) is 20.2. The Hall–Kier alpha value is -4.38. The number of aromatic nitrogens is 2. The molecule has 8 rings (SSSR count). The van der Waals surface area contributed by atoms with Crippen LogP contribution in [0.25, 0.3) is 0 Å². The predicted octanol–water partition coefficient (Wildman–Crippen LogP) is 7.91. The number of amides is 1. The highest BCUT2D eigenvalue weighted by Crippen LogP contribution is 2.37. The lowest BCUT2D eigenvalue weighted by Crippen LogP contribution is -2.53. The maximum Gasteiger partial charge on any atom is 0.414 e. The molecular weight excluding hydrogens is 703 g/mol. The molecule has 1 saturated carbocycles. The topological polar surface area (TPSA) is 105 Å². The van der Waals surface area contributed by atoms with Crippen LogP contribution < -0.4 is 19.4 Å². The van der Waals surface area contributed by atoms with E-state index >= 15 is 0 Å². The van der Waals surface area contributed by atoms with Gasteiger partial charge in [-0.15, -0.1) is 0 Å². The molecule has 52 heavy (non-hydrogen) atoms. The molecule has 4 aromatic rings. The van der Waals surface area contributed by atoms with Crippen molar-refractivity contribution in [3.63, 3.8) is 0 Å². The zero-order chi connectivity index (χ0) is 36.0. The average Bonchev–Trinajstić information content (AvgIpc) is 3.69. The molecule has 12 heteroatoms. The number of nitrogens with zero attached hydrogens (tertiary/aromatic N) is 3. The first-order chi connectivity index (χ1) is 25.3. The molecule has 5 heterocycles. The van der Waals surface area contributed by atoms with Crippen LogP contribution in [0.15, 0.2) is 79.4 Å². The lowest BCUT2D eigenvalue weighted by atomic mass is 9.86. The number of pyridine rings is 2. The quantitative estimate of drug-likeness (QED) is 0.135. The number of hydrogen-bond donors (Lipinski definition) is 0. The van der Waals surface area contributed by atoms with Crippen molar-refractivity contribution in [2.45, 2.75) is 69.8 Å². The molecule has 4 fully saturated rings. The second-order valence-electron chi connectivity index (χ2n) is 13.7. The van der Waals surface area contributed by atoms with Crippen molar-refractivity contribution >= 4 is 41.0 Å². The Morgan fingerprint density at radius 2 is 1.73 bits per heavy atom. The minimum atomic E-state index is -0.747. The van der Waals surface area contributed by atoms with Gasteiger partial charge in [0.15, 0.2) is 23.9 Å². The van der Waals surface area contributed by atoms with Gasteiger partial charge in [-0.05, 0) is 105 Å². The standard InChI is InChI=1S/C40H42Cl2N4O6/c1-49-35-13-12-29(19-37(35)50-31-6-2-3-7-31)36(20-32-33(41)22-44-23-34(32)42)51-39(47)28-10-8-26(9-11-28)24-46(30-5-4-16-43-21-30)40(48)52-38-25-45-17-14-27(38)15-18-45/h4-5,8-13,16,19,21-23,27,31,36,38H,2-3,6-7,14-15,17-18,20,24-25H2,1H3/p+1/t36-,38+/m1/s1. The number of ether oxygens (including phenoxy) is 4. The summed E-state index contributed by atoms with van der Waals surface area (Å²) in [6, 6.07) is 16.2. The molecule has 2 aromatic carbocycles. The lowest BCUT2D eigenvalue weighted by molar-refractivity contribution is -0.377. The number of piperidine rings is 3. The molecule has 3 saturated heterocycles. The first kappa shape index (κ1) is 36.0. The molecule has 10 nitrogen and oxygen atoms in total. The average molecular weight is 747 g/mol. The van der Waals surface area contributed by atoms with Crippen molar-refractivity contribution in [1.82, 2.24) is 9.88 Å². The summed E-state index contributed by atoms with van der Waals surface area (Å²) in [5.74, 6) is 1.07. The number of carbonyl (C=O) groups excluding carboxylic acids is 2. The first-order valence-electron chi connectivity index (χ1n) is 17.9. The summed E-state index contributed by atoms with van der Waals surface area (Å²) in [7, 11) is 1.61. The number of fused-ring (bicyclic) bond motifs is 3. The SMILES string of the molecule is COc1ccc([C@@H](Cc2c(Cl)c[nH+]cc2Cl)OC(=O)c2ccc(CN(C(=O)O[C@H]3CN4CCC3CC4)c3cccnc3)cc2)cc1OC1CCCC1. The maximum atomic E-state index is 13.8. The number of halogens is 2. The Kier molecular flexibility index (Phi) is 11.4. The highest BCUT2D eigenvalue weighted by Gasteiger charge is 2.37. The Morgan fingerprint density at radius 3 is 2.38 bits per heavy atom. The molecule has 1 N–H and O–H groups in total. The van der Waals surface area contributed by atoms with E-state index in [0.717, 1.165) is 63.7 Å². The Labute approximate surface area is 313 Å². The van der Waals surface area contributed by atoms with Gasteiger partial charge >= 0.3 is 12.1 Å². The van der Waals surface area contributed by atoms with Crippen LogP contribution in [0.5, 0.6) is 11.5 Å². The number of carbonyl (C=O) groups is 2. The van der Waals surface area contributed by atoms with Gasteiger partial charge in [-0.1, -0.05) is 41.4 Å². The van der Waals surface area contributed by atoms with Crippen molar-refractivity contribution in [1.29, 1.82) is 0 Å². The fourth-order valence-corrected chi connectivity index (χ4v) is 7.93. The second-order valence-corrected chi connectivity index (χ2v) is 14.5. The van der Waals surface area contributed by atoms with Crippen LogP contribution in [0.4, 0.5) is 10.5 Å². The van der Waals surface area contributed by atoms with E-state index in [0.29, 0.717) is 49.8 Å². The van der Waals surface area contributed by atoms with Crippen LogP contribution in [-0.4, -0.2) is 60.9 Å². The Balaban J connectivity index is 1.09. The highest BCUT2D eigenvalue weighted by atomic mass is 35.5. The van der Waals surface area contributed by atoms with E-state index in [1.807, 2.05) is 36.4 Å². The number of methoxy groups -OCH3 is 1. The molecule has 2 atom stereocenters. The largest absolute Gasteiger partial charge is 0.493 e. The molecule has 0 radical (unpaired) electrons. The van der Waals surface area contributed by atoms with Crippen molar-refractivity contribution < 1.29 is 33.5 Å². The number of rotatable bonds is 12. The predicted molar refractivity (Wildman–Crippen MR) is 197 cm³/mol. The van der Waals surface area contributed by atoms with Gasteiger partial charge in [-0.2, -0.15) is 0 Å². The monoisotopic (exact) mass is 745 g/mol. The van der Waals surface area contributed by atoms with Crippen LogP contribution in [0.3, 0.4) is 0 Å². The van der Waals surface area contributed by atoms with E-state index < -0.39 is 18.2 Å². The summed E-state index contributed by atoms with van der Waals surface area (Å²) in [6.07, 6.45) is 11.9.